The molecule has 0 saturated heterocycles. The molecule has 0 bridgehead atoms. The van der Waals surface area contributed by atoms with Crippen LogP contribution in [-0.2, 0) is 13.1 Å². The van der Waals surface area contributed by atoms with E-state index in [1.54, 1.807) is 7.11 Å². The lowest BCUT2D eigenvalue weighted by molar-refractivity contribution is 0.414. The first-order chi connectivity index (χ1) is 9.86. The molecule has 2 aromatic rings. The zero-order valence-corrected chi connectivity index (χ0v) is 11.8. The molecule has 0 amide bonds. The summed E-state index contributed by atoms with van der Waals surface area (Å²) < 4.78 is 5.31. The van der Waals surface area contributed by atoms with Crippen molar-refractivity contribution in [3.8, 4) is 5.75 Å². The fraction of sp³-hybridized carbons (Fsp3) is 0.294. The van der Waals surface area contributed by atoms with Crippen LogP contribution in [0.2, 0.25) is 0 Å². The average molecular weight is 268 g/mol. The molecular formula is C17H20N2O. The van der Waals surface area contributed by atoms with Gasteiger partial charge in [0.1, 0.15) is 5.75 Å². The molecule has 0 aliphatic carbocycles. The summed E-state index contributed by atoms with van der Waals surface area (Å²) in [6, 6.07) is 16.9. The number of ether oxygens (including phenoxy) is 1. The predicted octanol–water partition coefficient (Wildman–Crippen LogP) is 2.81. The van der Waals surface area contributed by atoms with Crippen molar-refractivity contribution in [3.05, 3.63) is 59.7 Å². The highest BCUT2D eigenvalue weighted by Crippen LogP contribution is 2.24. The summed E-state index contributed by atoms with van der Waals surface area (Å²) >= 11 is 0. The molecule has 20 heavy (non-hydrogen) atoms. The van der Waals surface area contributed by atoms with Gasteiger partial charge in [0.05, 0.1) is 7.11 Å². The summed E-state index contributed by atoms with van der Waals surface area (Å²) in [5, 5.41) is 3.48. The lowest BCUT2D eigenvalue weighted by Crippen LogP contribution is -2.28. The molecule has 104 valence electrons. The van der Waals surface area contributed by atoms with Crippen molar-refractivity contribution in [2.24, 2.45) is 0 Å². The Morgan fingerprint density at radius 3 is 2.95 bits per heavy atom. The summed E-state index contributed by atoms with van der Waals surface area (Å²) in [6.07, 6.45) is 0. The van der Waals surface area contributed by atoms with E-state index in [2.05, 4.69) is 52.7 Å². The molecule has 2 aromatic carbocycles. The Hall–Kier alpha value is -2.00. The van der Waals surface area contributed by atoms with Crippen molar-refractivity contribution in [1.29, 1.82) is 0 Å². The Balaban J connectivity index is 1.86. The van der Waals surface area contributed by atoms with E-state index in [-0.39, 0.29) is 0 Å². The molecule has 3 rings (SSSR count). The van der Waals surface area contributed by atoms with Gasteiger partial charge in [0, 0.05) is 31.9 Å². The molecule has 0 unspecified atom stereocenters. The minimum Gasteiger partial charge on any atom is -0.497 e. The molecule has 1 heterocycles. The van der Waals surface area contributed by atoms with E-state index in [1.807, 2.05) is 6.07 Å². The third kappa shape index (κ3) is 2.78. The first-order valence-corrected chi connectivity index (χ1v) is 7.03. The van der Waals surface area contributed by atoms with Gasteiger partial charge in [0.25, 0.3) is 0 Å². The van der Waals surface area contributed by atoms with E-state index in [0.717, 1.165) is 31.9 Å². The summed E-state index contributed by atoms with van der Waals surface area (Å²) in [5.74, 6) is 0.920. The van der Waals surface area contributed by atoms with Crippen LogP contribution < -0.4 is 15.0 Å². The van der Waals surface area contributed by atoms with E-state index < -0.39 is 0 Å². The van der Waals surface area contributed by atoms with Gasteiger partial charge in [-0.1, -0.05) is 30.3 Å². The lowest BCUT2D eigenvalue weighted by atomic mass is 10.1. The molecule has 3 heteroatoms. The van der Waals surface area contributed by atoms with Gasteiger partial charge in [-0.15, -0.1) is 0 Å². The number of hydrogen-bond acceptors (Lipinski definition) is 3. The molecule has 0 atom stereocenters. The van der Waals surface area contributed by atoms with Gasteiger partial charge in [-0.2, -0.15) is 0 Å². The van der Waals surface area contributed by atoms with Crippen molar-refractivity contribution < 1.29 is 4.74 Å². The number of methoxy groups -OCH3 is 1. The zero-order valence-electron chi connectivity index (χ0n) is 11.8. The maximum atomic E-state index is 5.31. The van der Waals surface area contributed by atoms with Crippen molar-refractivity contribution in [2.75, 3.05) is 25.1 Å². The van der Waals surface area contributed by atoms with Crippen molar-refractivity contribution >= 4 is 5.69 Å². The molecule has 0 saturated carbocycles. The smallest absolute Gasteiger partial charge is 0.119 e. The highest BCUT2D eigenvalue weighted by atomic mass is 16.5. The summed E-state index contributed by atoms with van der Waals surface area (Å²) in [7, 11) is 1.71. The van der Waals surface area contributed by atoms with Crippen LogP contribution in [0, 0.1) is 0 Å². The number of nitrogens with zero attached hydrogens (tertiary/aromatic N) is 1. The van der Waals surface area contributed by atoms with Crippen molar-refractivity contribution in [1.82, 2.24) is 5.32 Å². The molecule has 0 fully saturated rings. The van der Waals surface area contributed by atoms with Crippen LogP contribution in [0.1, 0.15) is 11.1 Å². The quantitative estimate of drug-likeness (QED) is 0.926. The van der Waals surface area contributed by atoms with Crippen LogP contribution in [-0.4, -0.2) is 20.2 Å². The molecule has 1 aliphatic rings. The van der Waals surface area contributed by atoms with Crippen LogP contribution in [0.3, 0.4) is 0 Å². The van der Waals surface area contributed by atoms with Gasteiger partial charge in [-0.3, -0.25) is 0 Å². The Labute approximate surface area is 120 Å². The Morgan fingerprint density at radius 1 is 1.15 bits per heavy atom. The second-order valence-electron chi connectivity index (χ2n) is 5.08. The van der Waals surface area contributed by atoms with E-state index in [9.17, 15) is 0 Å². The predicted molar refractivity (Wildman–Crippen MR) is 82.2 cm³/mol. The Bertz CT molecular complexity index is 583. The number of anilines is 1. The van der Waals surface area contributed by atoms with Crippen LogP contribution in [0.5, 0.6) is 5.75 Å². The van der Waals surface area contributed by atoms with E-state index >= 15 is 0 Å². The largest absolute Gasteiger partial charge is 0.497 e. The third-order valence-corrected chi connectivity index (χ3v) is 3.71. The minimum absolute atomic E-state index is 0.913. The van der Waals surface area contributed by atoms with E-state index in [0.29, 0.717) is 0 Å². The zero-order chi connectivity index (χ0) is 13.8. The van der Waals surface area contributed by atoms with Crippen LogP contribution >= 0.6 is 0 Å². The molecule has 3 nitrogen and oxygen atoms in total. The maximum absolute atomic E-state index is 5.31. The van der Waals surface area contributed by atoms with Gasteiger partial charge in [-0.25, -0.2) is 0 Å². The minimum atomic E-state index is 0.913. The standard InChI is InChI=1S/C17H20N2O/c1-20-16-7-4-5-14(11-16)13-19-10-9-18-12-15-6-2-3-8-17(15)19/h2-8,11,18H,9-10,12-13H2,1H3. The maximum Gasteiger partial charge on any atom is 0.119 e. The van der Waals surface area contributed by atoms with E-state index in [1.165, 1.54) is 16.8 Å². The molecule has 1 aliphatic heterocycles. The number of rotatable bonds is 3. The van der Waals surface area contributed by atoms with Crippen LogP contribution in [0.4, 0.5) is 5.69 Å². The highest BCUT2D eigenvalue weighted by molar-refractivity contribution is 5.54. The number of fused-ring (bicyclic) bond motifs is 1. The fourth-order valence-corrected chi connectivity index (χ4v) is 2.68. The molecule has 0 radical (unpaired) electrons. The van der Waals surface area contributed by atoms with E-state index in [4.69, 9.17) is 4.74 Å². The third-order valence-electron chi connectivity index (χ3n) is 3.71. The first-order valence-electron chi connectivity index (χ1n) is 7.03. The second kappa shape index (κ2) is 5.97. The average Bonchev–Trinajstić information content (AvgIpc) is 2.70. The molecular weight excluding hydrogens is 248 g/mol. The van der Waals surface area contributed by atoms with Crippen LogP contribution in [0.15, 0.2) is 48.5 Å². The van der Waals surface area contributed by atoms with Gasteiger partial charge in [-0.05, 0) is 29.3 Å². The highest BCUT2D eigenvalue weighted by Gasteiger charge is 2.14. The van der Waals surface area contributed by atoms with Crippen molar-refractivity contribution in [2.45, 2.75) is 13.1 Å². The summed E-state index contributed by atoms with van der Waals surface area (Å²) in [6.45, 7) is 3.90. The number of benzene rings is 2. The SMILES string of the molecule is COc1cccc(CN2CCNCc3ccccc32)c1. The Kier molecular flexibility index (Phi) is 3.88. The number of nitrogens with one attached hydrogen (secondary N) is 1. The number of para-hydroxylation sites is 1. The molecule has 0 aromatic heterocycles. The summed E-state index contributed by atoms with van der Waals surface area (Å²) in [5.41, 5.74) is 3.98. The fourth-order valence-electron chi connectivity index (χ4n) is 2.68. The van der Waals surface area contributed by atoms with Gasteiger partial charge < -0.3 is 15.0 Å². The summed E-state index contributed by atoms with van der Waals surface area (Å²) in [4.78, 5) is 2.43. The van der Waals surface area contributed by atoms with Crippen molar-refractivity contribution in [3.63, 3.8) is 0 Å². The Morgan fingerprint density at radius 2 is 2.05 bits per heavy atom. The monoisotopic (exact) mass is 268 g/mol. The number of hydrogen-bond donors (Lipinski definition) is 1. The second-order valence-corrected chi connectivity index (χ2v) is 5.08. The van der Waals surface area contributed by atoms with Gasteiger partial charge in [0.15, 0.2) is 0 Å². The van der Waals surface area contributed by atoms with Gasteiger partial charge in [0.2, 0.25) is 0 Å². The molecule has 0 spiro atoms. The molecule has 1 N–H and O–H groups in total. The normalized spacial score (nSPS) is 14.6. The van der Waals surface area contributed by atoms with Gasteiger partial charge >= 0.3 is 0 Å². The van der Waals surface area contributed by atoms with Crippen LogP contribution in [0.25, 0.3) is 0 Å². The lowest BCUT2D eigenvalue weighted by Gasteiger charge is -2.24. The topological polar surface area (TPSA) is 24.5 Å². The first kappa shape index (κ1) is 13.0.